The normalized spacial score (nSPS) is 24.7. The fourth-order valence-corrected chi connectivity index (χ4v) is 4.35. The number of fused-ring (bicyclic) bond motifs is 1. The van der Waals surface area contributed by atoms with Gasteiger partial charge in [-0.05, 0) is 25.3 Å². The number of halogens is 4. The summed E-state index contributed by atoms with van der Waals surface area (Å²) in [6.07, 6.45) is -1.19. The third-order valence-electron chi connectivity index (χ3n) is 5.52. The predicted molar refractivity (Wildman–Crippen MR) is 98.8 cm³/mol. The van der Waals surface area contributed by atoms with Gasteiger partial charge in [-0.3, -0.25) is 14.8 Å². The molecule has 0 saturated carbocycles. The minimum Gasteiger partial charge on any atom is -0.391 e. The standard InChI is InChI=1S/C18H21ClF3N5O2/c19-16-12(18(20,21)22)4-6-23-13(16)9-26-10-27-14(2-1-3-15(27)24-26)17(29)25-7-5-11(28)8-25/h4,6,11,14,28H,1-3,5,7-10H2/t11-,14-/m0/s1. The number of carbonyl (C=O) groups is 1. The first-order chi connectivity index (χ1) is 13.7. The maximum atomic E-state index is 13.1. The van der Waals surface area contributed by atoms with Crippen molar-refractivity contribution in [3.05, 3.63) is 28.5 Å². The zero-order valence-corrected chi connectivity index (χ0v) is 16.3. The molecule has 0 spiro atoms. The monoisotopic (exact) mass is 431 g/mol. The Labute approximate surface area is 170 Å². The number of likely N-dealkylation sites (tertiary alicyclic amines) is 1. The number of nitrogens with zero attached hydrogens (tertiary/aromatic N) is 5. The molecule has 0 radical (unpaired) electrons. The molecule has 3 aliphatic rings. The number of pyridine rings is 1. The average molecular weight is 432 g/mol. The molecular formula is C18H21ClF3N5O2. The summed E-state index contributed by atoms with van der Waals surface area (Å²) >= 11 is 5.95. The Kier molecular flexibility index (Phi) is 5.32. The molecule has 0 aliphatic carbocycles. The topological polar surface area (TPSA) is 72.3 Å². The van der Waals surface area contributed by atoms with E-state index in [2.05, 4.69) is 10.1 Å². The van der Waals surface area contributed by atoms with Crippen molar-refractivity contribution in [1.82, 2.24) is 19.8 Å². The lowest BCUT2D eigenvalue weighted by Gasteiger charge is -2.35. The van der Waals surface area contributed by atoms with Crippen LogP contribution in [-0.4, -0.2) is 68.5 Å². The highest BCUT2D eigenvalue weighted by Gasteiger charge is 2.40. The molecule has 1 aromatic heterocycles. The summed E-state index contributed by atoms with van der Waals surface area (Å²) in [4.78, 5) is 20.5. The summed E-state index contributed by atoms with van der Waals surface area (Å²) in [6, 6.07) is 0.479. The van der Waals surface area contributed by atoms with Crippen molar-refractivity contribution in [1.29, 1.82) is 0 Å². The van der Waals surface area contributed by atoms with Crippen LogP contribution in [0.15, 0.2) is 17.4 Å². The van der Waals surface area contributed by atoms with E-state index in [1.807, 2.05) is 4.90 Å². The quantitative estimate of drug-likeness (QED) is 0.795. The van der Waals surface area contributed by atoms with Gasteiger partial charge in [0.1, 0.15) is 18.5 Å². The summed E-state index contributed by atoms with van der Waals surface area (Å²) in [5.41, 5.74) is -0.828. The smallest absolute Gasteiger partial charge is 0.391 e. The van der Waals surface area contributed by atoms with Gasteiger partial charge in [0, 0.05) is 25.7 Å². The second-order valence-corrected chi connectivity index (χ2v) is 7.92. The number of β-amino-alcohol motifs (C(OH)–C–C–N with tert-alkyl or cyclic N) is 1. The van der Waals surface area contributed by atoms with Gasteiger partial charge in [-0.15, -0.1) is 0 Å². The van der Waals surface area contributed by atoms with Gasteiger partial charge in [-0.2, -0.15) is 18.3 Å². The molecule has 2 saturated heterocycles. The number of piperidine rings is 1. The molecule has 0 unspecified atom stereocenters. The highest BCUT2D eigenvalue weighted by atomic mass is 35.5. The average Bonchev–Trinajstić information content (AvgIpc) is 3.27. The van der Waals surface area contributed by atoms with Crippen molar-refractivity contribution in [2.45, 2.75) is 50.6 Å². The van der Waals surface area contributed by atoms with E-state index in [1.165, 1.54) is 0 Å². The number of carbonyl (C=O) groups excluding carboxylic acids is 1. The number of rotatable bonds is 3. The molecule has 1 N–H and O–H groups in total. The van der Waals surface area contributed by atoms with E-state index in [-0.39, 0.29) is 30.9 Å². The van der Waals surface area contributed by atoms with E-state index < -0.39 is 22.9 Å². The van der Waals surface area contributed by atoms with Crippen LogP contribution in [0.5, 0.6) is 0 Å². The number of alkyl halides is 3. The Morgan fingerprint density at radius 1 is 1.34 bits per heavy atom. The summed E-state index contributed by atoms with van der Waals surface area (Å²) in [7, 11) is 0. The van der Waals surface area contributed by atoms with Crippen LogP contribution < -0.4 is 0 Å². The molecule has 3 aliphatic heterocycles. The lowest BCUT2D eigenvalue weighted by Crippen LogP contribution is -2.52. The number of aliphatic hydroxyl groups excluding tert-OH is 1. The zero-order chi connectivity index (χ0) is 20.8. The summed E-state index contributed by atoms with van der Waals surface area (Å²) < 4.78 is 39.2. The largest absolute Gasteiger partial charge is 0.417 e. The third-order valence-corrected chi connectivity index (χ3v) is 5.94. The summed E-state index contributed by atoms with van der Waals surface area (Å²) in [5.74, 6) is 0.712. The Balaban J connectivity index is 1.48. The van der Waals surface area contributed by atoms with E-state index >= 15 is 0 Å². The molecule has 4 rings (SSSR count). The first-order valence-corrected chi connectivity index (χ1v) is 9.88. The van der Waals surface area contributed by atoms with Crippen LogP contribution in [0.3, 0.4) is 0 Å². The SMILES string of the molecule is O=C([C@@H]1CCCC2=NN(Cc3nccc(C(F)(F)F)c3Cl)CN21)N1CC[C@H](O)C1. The van der Waals surface area contributed by atoms with Crippen molar-refractivity contribution in [3.63, 3.8) is 0 Å². The van der Waals surface area contributed by atoms with Crippen molar-refractivity contribution in [2.24, 2.45) is 5.10 Å². The first kappa shape index (κ1) is 20.2. The third kappa shape index (κ3) is 4.00. The lowest BCUT2D eigenvalue weighted by atomic mass is 10.0. The number of amidine groups is 1. The molecule has 2 fully saturated rings. The molecule has 1 aromatic rings. The molecule has 158 valence electrons. The summed E-state index contributed by atoms with van der Waals surface area (Å²) in [6.45, 7) is 1.18. The molecule has 2 atom stereocenters. The zero-order valence-electron chi connectivity index (χ0n) is 15.6. The van der Waals surface area contributed by atoms with Gasteiger partial charge in [0.15, 0.2) is 0 Å². The number of hydrogen-bond acceptors (Lipinski definition) is 6. The van der Waals surface area contributed by atoms with Crippen LogP contribution >= 0.6 is 11.6 Å². The summed E-state index contributed by atoms with van der Waals surface area (Å²) in [5, 5.41) is 15.4. The Morgan fingerprint density at radius 2 is 2.14 bits per heavy atom. The lowest BCUT2D eigenvalue weighted by molar-refractivity contribution is -0.138. The van der Waals surface area contributed by atoms with Gasteiger partial charge >= 0.3 is 6.18 Å². The maximum Gasteiger partial charge on any atom is 0.417 e. The van der Waals surface area contributed by atoms with E-state index in [9.17, 15) is 23.1 Å². The van der Waals surface area contributed by atoms with E-state index in [0.717, 1.165) is 24.5 Å². The van der Waals surface area contributed by atoms with E-state index in [0.29, 0.717) is 32.4 Å². The van der Waals surface area contributed by atoms with Crippen molar-refractivity contribution in [3.8, 4) is 0 Å². The molecule has 7 nitrogen and oxygen atoms in total. The van der Waals surface area contributed by atoms with Crippen LogP contribution in [0, 0.1) is 0 Å². The number of aromatic nitrogens is 1. The van der Waals surface area contributed by atoms with E-state index in [1.54, 1.807) is 9.91 Å². The molecule has 4 heterocycles. The number of hydrazone groups is 1. The fourth-order valence-electron chi connectivity index (χ4n) is 4.08. The van der Waals surface area contributed by atoms with Crippen LogP contribution in [0.1, 0.15) is 36.9 Å². The molecule has 1 amide bonds. The second kappa shape index (κ2) is 7.64. The Bertz CT molecular complexity index is 834. The van der Waals surface area contributed by atoms with Crippen molar-refractivity contribution in [2.75, 3.05) is 19.8 Å². The van der Waals surface area contributed by atoms with Crippen molar-refractivity contribution >= 4 is 23.3 Å². The minimum atomic E-state index is -4.55. The Morgan fingerprint density at radius 3 is 2.83 bits per heavy atom. The Hall–Kier alpha value is -2.07. The fraction of sp³-hybridized carbons (Fsp3) is 0.611. The number of amides is 1. The van der Waals surface area contributed by atoms with Crippen LogP contribution in [-0.2, 0) is 17.5 Å². The highest BCUT2D eigenvalue weighted by Crippen LogP contribution is 2.36. The first-order valence-electron chi connectivity index (χ1n) is 9.50. The van der Waals surface area contributed by atoms with Gasteiger partial charge in [0.2, 0.25) is 5.91 Å². The predicted octanol–water partition coefficient (Wildman–Crippen LogP) is 2.29. The van der Waals surface area contributed by atoms with Gasteiger partial charge in [0.25, 0.3) is 0 Å². The maximum absolute atomic E-state index is 13.1. The minimum absolute atomic E-state index is 0.0199. The van der Waals surface area contributed by atoms with Gasteiger partial charge in [-0.25, -0.2) is 0 Å². The molecular weight excluding hydrogens is 411 g/mol. The van der Waals surface area contributed by atoms with Crippen LogP contribution in [0.25, 0.3) is 0 Å². The number of hydrogen-bond donors (Lipinski definition) is 1. The molecule has 0 aromatic carbocycles. The molecule has 0 bridgehead atoms. The highest BCUT2D eigenvalue weighted by molar-refractivity contribution is 6.32. The van der Waals surface area contributed by atoms with Gasteiger partial charge in [-0.1, -0.05) is 11.6 Å². The molecule has 11 heteroatoms. The van der Waals surface area contributed by atoms with Gasteiger partial charge < -0.3 is 14.9 Å². The number of aliphatic hydroxyl groups is 1. The molecule has 29 heavy (non-hydrogen) atoms. The van der Waals surface area contributed by atoms with Crippen LogP contribution in [0.4, 0.5) is 13.2 Å². The van der Waals surface area contributed by atoms with E-state index in [4.69, 9.17) is 11.6 Å². The van der Waals surface area contributed by atoms with Crippen molar-refractivity contribution < 1.29 is 23.1 Å². The van der Waals surface area contributed by atoms with Gasteiger partial charge in [0.05, 0.1) is 28.9 Å². The second-order valence-electron chi connectivity index (χ2n) is 7.54. The van der Waals surface area contributed by atoms with Crippen LogP contribution in [0.2, 0.25) is 5.02 Å².